The Morgan fingerprint density at radius 1 is 1.35 bits per heavy atom. The highest BCUT2D eigenvalue weighted by atomic mass is 32.2. The SMILES string of the molecule is Cc1ccc(NC(=S)N(C)[C@]2(C)CCS(=O)(=O)C2)cc1. The number of aryl methyl sites for hydroxylation is 1. The maximum atomic E-state index is 11.7. The van der Waals surface area contributed by atoms with Crippen LogP contribution in [0.2, 0.25) is 0 Å². The summed E-state index contributed by atoms with van der Waals surface area (Å²) in [7, 11) is -1.09. The fourth-order valence-corrected chi connectivity index (χ4v) is 4.87. The van der Waals surface area contributed by atoms with Gasteiger partial charge in [-0.25, -0.2) is 8.42 Å². The van der Waals surface area contributed by atoms with Gasteiger partial charge in [0.15, 0.2) is 14.9 Å². The van der Waals surface area contributed by atoms with Crippen molar-refractivity contribution in [3.05, 3.63) is 29.8 Å². The minimum Gasteiger partial charge on any atom is -0.346 e. The van der Waals surface area contributed by atoms with Crippen LogP contribution in [0.5, 0.6) is 0 Å². The van der Waals surface area contributed by atoms with Crippen molar-refractivity contribution in [1.82, 2.24) is 4.90 Å². The molecule has 1 aliphatic rings. The first-order valence-electron chi connectivity index (χ1n) is 6.54. The van der Waals surface area contributed by atoms with Gasteiger partial charge in [-0.05, 0) is 44.6 Å². The van der Waals surface area contributed by atoms with E-state index in [1.165, 1.54) is 5.56 Å². The number of benzene rings is 1. The van der Waals surface area contributed by atoms with Crippen LogP contribution in [0.25, 0.3) is 0 Å². The summed E-state index contributed by atoms with van der Waals surface area (Å²) in [5.74, 6) is 0.396. The number of anilines is 1. The van der Waals surface area contributed by atoms with Crippen molar-refractivity contribution in [2.75, 3.05) is 23.9 Å². The normalized spacial score (nSPS) is 24.4. The molecule has 0 spiro atoms. The Morgan fingerprint density at radius 2 is 1.95 bits per heavy atom. The second kappa shape index (κ2) is 5.33. The molecule has 1 atom stereocenters. The first-order chi connectivity index (χ1) is 9.22. The average molecular weight is 312 g/mol. The third-order valence-corrected chi connectivity index (χ3v) is 6.16. The van der Waals surface area contributed by atoms with E-state index in [4.69, 9.17) is 12.2 Å². The molecule has 0 aromatic heterocycles. The second-order valence-corrected chi connectivity index (χ2v) is 8.26. The lowest BCUT2D eigenvalue weighted by Crippen LogP contribution is -2.49. The third kappa shape index (κ3) is 3.30. The van der Waals surface area contributed by atoms with Crippen LogP contribution in [0.4, 0.5) is 5.69 Å². The van der Waals surface area contributed by atoms with Crippen molar-refractivity contribution in [3.63, 3.8) is 0 Å². The first kappa shape index (κ1) is 15.3. The molecule has 0 radical (unpaired) electrons. The average Bonchev–Trinajstić information content (AvgIpc) is 2.66. The fourth-order valence-electron chi connectivity index (χ4n) is 2.35. The largest absolute Gasteiger partial charge is 0.346 e. The van der Waals surface area contributed by atoms with Gasteiger partial charge in [0.2, 0.25) is 0 Å². The van der Waals surface area contributed by atoms with Gasteiger partial charge >= 0.3 is 0 Å². The Morgan fingerprint density at radius 3 is 2.45 bits per heavy atom. The quantitative estimate of drug-likeness (QED) is 0.849. The zero-order valence-corrected chi connectivity index (χ0v) is 13.6. The zero-order chi connectivity index (χ0) is 15.0. The molecule has 2 rings (SSSR count). The van der Waals surface area contributed by atoms with Gasteiger partial charge in [0, 0.05) is 12.7 Å². The standard InChI is InChI=1S/C14H20N2O2S2/c1-11-4-6-12(7-5-11)15-13(19)16(3)14(2)8-9-20(17,18)10-14/h4-7H,8-10H2,1-3H3,(H,15,19)/t14-/m1/s1. The number of nitrogens with zero attached hydrogens (tertiary/aromatic N) is 1. The van der Waals surface area contributed by atoms with Crippen molar-refractivity contribution in [1.29, 1.82) is 0 Å². The highest BCUT2D eigenvalue weighted by Crippen LogP contribution is 2.29. The first-order valence-corrected chi connectivity index (χ1v) is 8.77. The van der Waals surface area contributed by atoms with Crippen LogP contribution in [0.1, 0.15) is 18.9 Å². The summed E-state index contributed by atoms with van der Waals surface area (Å²) in [4.78, 5) is 1.87. The maximum Gasteiger partial charge on any atom is 0.173 e. The van der Waals surface area contributed by atoms with Crippen LogP contribution in [-0.2, 0) is 9.84 Å². The fraction of sp³-hybridized carbons (Fsp3) is 0.500. The topological polar surface area (TPSA) is 49.4 Å². The lowest BCUT2D eigenvalue weighted by Gasteiger charge is -2.36. The van der Waals surface area contributed by atoms with E-state index in [9.17, 15) is 8.42 Å². The monoisotopic (exact) mass is 312 g/mol. The van der Waals surface area contributed by atoms with Gasteiger partial charge in [-0.1, -0.05) is 17.7 Å². The summed E-state index contributed by atoms with van der Waals surface area (Å²) in [6.07, 6.45) is 0.613. The smallest absolute Gasteiger partial charge is 0.173 e. The van der Waals surface area contributed by atoms with E-state index in [2.05, 4.69) is 5.32 Å². The van der Waals surface area contributed by atoms with Gasteiger partial charge in [0.05, 0.1) is 17.0 Å². The van der Waals surface area contributed by atoms with E-state index in [0.717, 1.165) is 5.69 Å². The summed E-state index contributed by atoms with van der Waals surface area (Å²) in [5.41, 5.74) is 1.67. The number of rotatable bonds is 2. The molecule has 0 bridgehead atoms. The van der Waals surface area contributed by atoms with E-state index in [1.54, 1.807) is 0 Å². The Kier molecular flexibility index (Phi) is 4.07. The van der Waals surface area contributed by atoms with E-state index in [0.29, 0.717) is 11.5 Å². The number of thiocarbonyl (C=S) groups is 1. The summed E-state index contributed by atoms with van der Waals surface area (Å²) >= 11 is 5.39. The van der Waals surface area contributed by atoms with Crippen molar-refractivity contribution < 1.29 is 8.42 Å². The highest BCUT2D eigenvalue weighted by Gasteiger charge is 2.42. The molecule has 1 heterocycles. The summed E-state index contributed by atoms with van der Waals surface area (Å²) in [6, 6.07) is 7.94. The molecule has 1 aromatic carbocycles. The molecule has 1 aromatic rings. The summed E-state index contributed by atoms with van der Waals surface area (Å²) < 4.78 is 23.4. The summed E-state index contributed by atoms with van der Waals surface area (Å²) in [6.45, 7) is 3.97. The molecule has 6 heteroatoms. The molecule has 20 heavy (non-hydrogen) atoms. The van der Waals surface area contributed by atoms with Gasteiger partial charge in [-0.15, -0.1) is 0 Å². The number of hydrogen-bond acceptors (Lipinski definition) is 3. The molecule has 110 valence electrons. The van der Waals surface area contributed by atoms with E-state index in [-0.39, 0.29) is 11.5 Å². The van der Waals surface area contributed by atoms with Crippen molar-refractivity contribution >= 4 is 32.9 Å². The molecule has 0 unspecified atom stereocenters. The second-order valence-electron chi connectivity index (χ2n) is 5.69. The molecule has 0 saturated carbocycles. The molecular formula is C14H20N2O2S2. The molecule has 0 aliphatic carbocycles. The van der Waals surface area contributed by atoms with Gasteiger partial charge in [-0.3, -0.25) is 0 Å². The Bertz CT molecular complexity index is 611. The Hall–Kier alpha value is -1.14. The predicted octanol–water partition coefficient (Wildman–Crippen LogP) is 2.20. The van der Waals surface area contributed by atoms with Crippen molar-refractivity contribution in [2.45, 2.75) is 25.8 Å². The molecule has 1 fully saturated rings. The van der Waals surface area contributed by atoms with Gasteiger partial charge in [0.1, 0.15) is 0 Å². The van der Waals surface area contributed by atoms with Gasteiger partial charge < -0.3 is 10.2 Å². The van der Waals surface area contributed by atoms with Gasteiger partial charge in [0.25, 0.3) is 0 Å². The number of nitrogens with one attached hydrogen (secondary N) is 1. The number of sulfone groups is 1. The highest BCUT2D eigenvalue weighted by molar-refractivity contribution is 7.91. The van der Waals surface area contributed by atoms with Crippen LogP contribution >= 0.6 is 12.2 Å². The number of hydrogen-bond donors (Lipinski definition) is 1. The van der Waals surface area contributed by atoms with E-state index in [1.807, 2.05) is 50.1 Å². The van der Waals surface area contributed by atoms with Crippen molar-refractivity contribution in [2.24, 2.45) is 0 Å². The van der Waals surface area contributed by atoms with E-state index >= 15 is 0 Å². The van der Waals surface area contributed by atoms with Crippen LogP contribution in [0.3, 0.4) is 0 Å². The van der Waals surface area contributed by atoms with Crippen LogP contribution < -0.4 is 5.32 Å². The molecule has 0 amide bonds. The molecule has 1 aliphatic heterocycles. The lowest BCUT2D eigenvalue weighted by molar-refractivity contribution is 0.266. The van der Waals surface area contributed by atoms with Crippen LogP contribution in [-0.4, -0.2) is 42.5 Å². The summed E-state index contributed by atoms with van der Waals surface area (Å²) in [5, 5.41) is 3.71. The van der Waals surface area contributed by atoms with Crippen LogP contribution in [0.15, 0.2) is 24.3 Å². The van der Waals surface area contributed by atoms with Gasteiger partial charge in [-0.2, -0.15) is 0 Å². The zero-order valence-electron chi connectivity index (χ0n) is 12.0. The maximum absolute atomic E-state index is 11.7. The minimum atomic E-state index is -2.94. The third-order valence-electron chi connectivity index (χ3n) is 3.90. The van der Waals surface area contributed by atoms with Crippen molar-refractivity contribution in [3.8, 4) is 0 Å². The Labute approximate surface area is 126 Å². The molecule has 4 nitrogen and oxygen atoms in total. The predicted molar refractivity (Wildman–Crippen MR) is 86.8 cm³/mol. The van der Waals surface area contributed by atoms with E-state index < -0.39 is 15.4 Å². The molecule has 1 saturated heterocycles. The van der Waals surface area contributed by atoms with Crippen LogP contribution in [0, 0.1) is 6.92 Å². The lowest BCUT2D eigenvalue weighted by atomic mass is 10.0. The molecular weight excluding hydrogens is 292 g/mol. The minimum absolute atomic E-state index is 0.159. The molecule has 1 N–H and O–H groups in total. The Balaban J connectivity index is 2.07.